The van der Waals surface area contributed by atoms with Gasteiger partial charge in [0, 0.05) is 12.1 Å². The van der Waals surface area contributed by atoms with E-state index in [4.69, 9.17) is 0 Å². The molecule has 2 aliphatic rings. The molecule has 2 aliphatic carbocycles. The number of fused-ring (bicyclic) bond motifs is 1. The van der Waals surface area contributed by atoms with E-state index in [1.54, 1.807) is 11.1 Å². The molecule has 0 bridgehead atoms. The highest BCUT2D eigenvalue weighted by atomic mass is 15.0. The largest absolute Gasteiger partial charge is 0.307 e. The molecule has 1 fully saturated rings. The van der Waals surface area contributed by atoms with Gasteiger partial charge in [-0.25, -0.2) is 0 Å². The first-order valence-electron chi connectivity index (χ1n) is 9.08. The zero-order valence-corrected chi connectivity index (χ0v) is 13.8. The van der Waals surface area contributed by atoms with Gasteiger partial charge >= 0.3 is 0 Å². The Labute approximate surface area is 130 Å². The summed E-state index contributed by atoms with van der Waals surface area (Å²) in [6.45, 7) is 4.80. The lowest BCUT2D eigenvalue weighted by atomic mass is 9.86. The van der Waals surface area contributed by atoms with E-state index in [0.29, 0.717) is 6.04 Å². The Morgan fingerprint density at radius 3 is 2.67 bits per heavy atom. The Bertz CT molecular complexity index is 451. The number of hydrogen-bond acceptors (Lipinski definition) is 1. The van der Waals surface area contributed by atoms with Crippen molar-refractivity contribution in [3.63, 3.8) is 0 Å². The van der Waals surface area contributed by atoms with E-state index in [1.165, 1.54) is 51.4 Å². The van der Waals surface area contributed by atoms with Gasteiger partial charge < -0.3 is 5.32 Å². The lowest BCUT2D eigenvalue weighted by Crippen LogP contribution is -2.34. The molecule has 0 spiro atoms. The predicted octanol–water partition coefficient (Wildman–Crippen LogP) is 5.26. The molecule has 1 saturated carbocycles. The van der Waals surface area contributed by atoms with Crippen molar-refractivity contribution in [2.75, 3.05) is 0 Å². The second-order valence-electron chi connectivity index (χ2n) is 7.52. The maximum atomic E-state index is 4.01. The van der Waals surface area contributed by atoms with Crippen LogP contribution in [-0.4, -0.2) is 6.04 Å². The van der Waals surface area contributed by atoms with Crippen LogP contribution in [0.15, 0.2) is 24.3 Å². The van der Waals surface area contributed by atoms with Crippen LogP contribution in [0.2, 0.25) is 0 Å². The summed E-state index contributed by atoms with van der Waals surface area (Å²) in [6.07, 6.45) is 11.0. The highest BCUT2D eigenvalue weighted by molar-refractivity contribution is 5.32. The molecule has 1 aromatic rings. The van der Waals surface area contributed by atoms with Gasteiger partial charge in [-0.15, -0.1) is 0 Å². The van der Waals surface area contributed by atoms with Crippen molar-refractivity contribution in [3.05, 3.63) is 35.4 Å². The van der Waals surface area contributed by atoms with Crippen LogP contribution in [0.3, 0.4) is 0 Å². The normalized spacial score (nSPS) is 30.0. The van der Waals surface area contributed by atoms with Crippen LogP contribution in [-0.2, 0) is 6.42 Å². The van der Waals surface area contributed by atoms with Crippen LogP contribution in [0.4, 0.5) is 0 Å². The minimum absolute atomic E-state index is 0.607. The molecule has 1 aromatic carbocycles. The Morgan fingerprint density at radius 1 is 0.952 bits per heavy atom. The first-order chi connectivity index (χ1) is 10.2. The van der Waals surface area contributed by atoms with Crippen LogP contribution in [0.1, 0.15) is 76.0 Å². The molecule has 1 heteroatoms. The third-order valence-electron chi connectivity index (χ3n) is 5.76. The third kappa shape index (κ3) is 3.69. The van der Waals surface area contributed by atoms with E-state index >= 15 is 0 Å². The van der Waals surface area contributed by atoms with Gasteiger partial charge in [-0.3, -0.25) is 0 Å². The topological polar surface area (TPSA) is 12.0 Å². The van der Waals surface area contributed by atoms with Gasteiger partial charge in [0.25, 0.3) is 0 Å². The number of aryl methyl sites for hydroxylation is 1. The Kier molecular flexibility index (Phi) is 5.00. The molecular formula is C20H31N. The van der Waals surface area contributed by atoms with E-state index in [2.05, 4.69) is 43.4 Å². The Hall–Kier alpha value is -0.820. The van der Waals surface area contributed by atoms with Crippen LogP contribution in [0, 0.1) is 11.8 Å². The standard InChI is InChI=1S/C20H31N/c1-15(2)16-8-5-10-18(14-13-16)21-20-12-6-9-17-7-3-4-11-19(17)20/h3-4,7,11,15-16,18,20-21H,5-6,8-10,12-14H2,1-2H3. The van der Waals surface area contributed by atoms with E-state index in [1.807, 2.05) is 0 Å². The monoisotopic (exact) mass is 285 g/mol. The number of nitrogens with one attached hydrogen (secondary N) is 1. The Balaban J connectivity index is 1.62. The van der Waals surface area contributed by atoms with Gasteiger partial charge in [-0.2, -0.15) is 0 Å². The highest BCUT2D eigenvalue weighted by Gasteiger charge is 2.25. The second kappa shape index (κ2) is 6.96. The summed E-state index contributed by atoms with van der Waals surface area (Å²) < 4.78 is 0. The molecule has 0 saturated heterocycles. The van der Waals surface area contributed by atoms with Crippen molar-refractivity contribution in [1.29, 1.82) is 0 Å². The molecule has 3 atom stereocenters. The van der Waals surface area contributed by atoms with Crippen LogP contribution in [0.25, 0.3) is 0 Å². The lowest BCUT2D eigenvalue weighted by Gasteiger charge is -2.30. The first kappa shape index (κ1) is 15.1. The van der Waals surface area contributed by atoms with E-state index in [0.717, 1.165) is 17.9 Å². The molecular weight excluding hydrogens is 254 g/mol. The summed E-state index contributed by atoms with van der Waals surface area (Å²) in [5, 5.41) is 4.01. The molecule has 0 amide bonds. The van der Waals surface area contributed by atoms with Gasteiger partial charge in [-0.1, -0.05) is 51.0 Å². The van der Waals surface area contributed by atoms with Crippen molar-refractivity contribution in [3.8, 4) is 0 Å². The fourth-order valence-corrected chi connectivity index (χ4v) is 4.38. The van der Waals surface area contributed by atoms with Crippen molar-refractivity contribution in [2.24, 2.45) is 11.8 Å². The van der Waals surface area contributed by atoms with Crippen LogP contribution >= 0.6 is 0 Å². The third-order valence-corrected chi connectivity index (χ3v) is 5.76. The van der Waals surface area contributed by atoms with Crippen molar-refractivity contribution < 1.29 is 0 Å². The molecule has 1 N–H and O–H groups in total. The zero-order valence-electron chi connectivity index (χ0n) is 13.8. The van der Waals surface area contributed by atoms with Gasteiger partial charge in [0.2, 0.25) is 0 Å². The van der Waals surface area contributed by atoms with Crippen molar-refractivity contribution >= 4 is 0 Å². The highest BCUT2D eigenvalue weighted by Crippen LogP contribution is 2.33. The van der Waals surface area contributed by atoms with Gasteiger partial charge in [0.05, 0.1) is 0 Å². The lowest BCUT2D eigenvalue weighted by molar-refractivity contribution is 0.329. The molecule has 3 unspecified atom stereocenters. The summed E-state index contributed by atoms with van der Waals surface area (Å²) in [4.78, 5) is 0. The van der Waals surface area contributed by atoms with Gasteiger partial charge in [0.1, 0.15) is 0 Å². The van der Waals surface area contributed by atoms with Gasteiger partial charge in [-0.05, 0) is 61.5 Å². The SMILES string of the molecule is CC(C)C1CCCC(NC2CCCc3ccccc32)CC1. The minimum atomic E-state index is 0.607. The summed E-state index contributed by atoms with van der Waals surface area (Å²) in [7, 11) is 0. The van der Waals surface area contributed by atoms with E-state index in [-0.39, 0.29) is 0 Å². The molecule has 3 rings (SSSR count). The number of benzene rings is 1. The van der Waals surface area contributed by atoms with Crippen molar-refractivity contribution in [1.82, 2.24) is 5.32 Å². The summed E-state index contributed by atoms with van der Waals surface area (Å²) in [5.41, 5.74) is 3.16. The quantitative estimate of drug-likeness (QED) is 0.747. The molecule has 21 heavy (non-hydrogen) atoms. The smallest absolute Gasteiger partial charge is 0.0325 e. The van der Waals surface area contributed by atoms with Crippen LogP contribution in [0.5, 0.6) is 0 Å². The molecule has 0 heterocycles. The summed E-state index contributed by atoms with van der Waals surface area (Å²) >= 11 is 0. The second-order valence-corrected chi connectivity index (χ2v) is 7.52. The average Bonchev–Trinajstić information content (AvgIpc) is 2.73. The maximum absolute atomic E-state index is 4.01. The Morgan fingerprint density at radius 2 is 1.81 bits per heavy atom. The fourth-order valence-electron chi connectivity index (χ4n) is 4.38. The van der Waals surface area contributed by atoms with Crippen molar-refractivity contribution in [2.45, 2.75) is 77.3 Å². The average molecular weight is 285 g/mol. The predicted molar refractivity (Wildman–Crippen MR) is 90.5 cm³/mol. The molecule has 0 aliphatic heterocycles. The first-order valence-corrected chi connectivity index (χ1v) is 9.08. The maximum Gasteiger partial charge on any atom is 0.0325 e. The van der Waals surface area contributed by atoms with Gasteiger partial charge in [0.15, 0.2) is 0 Å². The zero-order chi connectivity index (χ0) is 14.7. The van der Waals surface area contributed by atoms with Crippen LogP contribution < -0.4 is 5.32 Å². The summed E-state index contributed by atoms with van der Waals surface area (Å²) in [6, 6.07) is 10.4. The number of rotatable bonds is 3. The molecule has 1 nitrogen and oxygen atoms in total. The fraction of sp³-hybridized carbons (Fsp3) is 0.700. The van der Waals surface area contributed by atoms with E-state index < -0.39 is 0 Å². The van der Waals surface area contributed by atoms with E-state index in [9.17, 15) is 0 Å². The summed E-state index contributed by atoms with van der Waals surface area (Å²) in [5.74, 6) is 1.81. The minimum Gasteiger partial charge on any atom is -0.307 e. The number of hydrogen-bond donors (Lipinski definition) is 1. The molecule has 116 valence electrons. The molecule has 0 radical (unpaired) electrons. The molecule has 0 aromatic heterocycles.